The molecule has 158 valence electrons. The van der Waals surface area contributed by atoms with E-state index in [1.165, 1.54) is 18.2 Å². The summed E-state index contributed by atoms with van der Waals surface area (Å²) in [6.45, 7) is 1.68. The summed E-state index contributed by atoms with van der Waals surface area (Å²) in [6, 6.07) is 17.3. The highest BCUT2D eigenvalue weighted by Crippen LogP contribution is 2.34. The molecule has 3 aromatic carbocycles. The predicted octanol–water partition coefficient (Wildman–Crippen LogP) is 5.53. The van der Waals surface area contributed by atoms with E-state index in [1.54, 1.807) is 24.3 Å². The predicted molar refractivity (Wildman–Crippen MR) is 112 cm³/mol. The summed E-state index contributed by atoms with van der Waals surface area (Å²) in [7, 11) is 0. The molecular formula is C24H20F2N2O3. The van der Waals surface area contributed by atoms with Crippen LogP contribution in [0.5, 0.6) is 11.5 Å². The van der Waals surface area contributed by atoms with Gasteiger partial charge in [0.05, 0.1) is 5.39 Å². The summed E-state index contributed by atoms with van der Waals surface area (Å²) in [5, 5.41) is 2.25. The number of hydrogen-bond donors (Lipinski definition) is 1. The molecule has 0 amide bonds. The molecule has 1 N–H and O–H groups in total. The molecule has 1 fully saturated rings. The molecule has 0 radical (unpaired) electrons. The number of ether oxygens (including phenoxy) is 1. The number of halogens is 2. The van der Waals surface area contributed by atoms with Crippen molar-refractivity contribution in [2.75, 3.05) is 6.54 Å². The molecule has 1 aliphatic rings. The molecule has 0 bridgehead atoms. The lowest BCUT2D eigenvalue weighted by atomic mass is 10.0. The lowest BCUT2D eigenvalue weighted by Gasteiger charge is -2.25. The third-order valence-corrected chi connectivity index (χ3v) is 5.69. The second-order valence-electron chi connectivity index (χ2n) is 7.72. The summed E-state index contributed by atoms with van der Waals surface area (Å²) >= 11 is 0. The molecular weight excluding hydrogens is 402 g/mol. The minimum Gasteiger partial charge on any atom is -0.454 e. The van der Waals surface area contributed by atoms with Gasteiger partial charge in [0.1, 0.15) is 11.6 Å². The van der Waals surface area contributed by atoms with Crippen LogP contribution in [0.15, 0.2) is 70.0 Å². The SMILES string of the molecule is O=c1[nH]oc2c(F)c(Oc3ccc(CN4CCCC4c4cccc(F)c4)cc3)ccc12. The van der Waals surface area contributed by atoms with Crippen LogP contribution < -0.4 is 10.3 Å². The average Bonchev–Trinajstić information content (AvgIpc) is 3.38. The molecule has 1 atom stereocenters. The van der Waals surface area contributed by atoms with Gasteiger partial charge in [0.2, 0.25) is 11.4 Å². The standard InChI is InChI=1S/C24H20F2N2O3/c25-17-4-1-3-16(13-17)20-5-2-12-28(20)14-15-6-8-18(9-7-15)30-21-11-10-19-23(22(21)26)31-27-24(19)29/h1,3-4,6-11,13,20H,2,5,12,14H2,(H,27,29). The maximum atomic E-state index is 14.5. The highest BCUT2D eigenvalue weighted by molar-refractivity contribution is 5.78. The zero-order chi connectivity index (χ0) is 21.4. The number of fused-ring (bicyclic) bond motifs is 1. The number of rotatable bonds is 5. The Labute approximate surface area is 176 Å². The van der Waals surface area contributed by atoms with Crippen molar-refractivity contribution < 1.29 is 18.0 Å². The first-order chi connectivity index (χ1) is 15.1. The van der Waals surface area contributed by atoms with E-state index in [0.29, 0.717) is 5.75 Å². The van der Waals surface area contributed by atoms with Crippen LogP contribution in [0.25, 0.3) is 11.0 Å². The highest BCUT2D eigenvalue weighted by atomic mass is 19.1. The van der Waals surface area contributed by atoms with Crippen LogP contribution >= 0.6 is 0 Å². The Morgan fingerprint density at radius 1 is 1.10 bits per heavy atom. The monoisotopic (exact) mass is 422 g/mol. The molecule has 2 heterocycles. The van der Waals surface area contributed by atoms with Crippen molar-refractivity contribution >= 4 is 11.0 Å². The Morgan fingerprint density at radius 3 is 2.74 bits per heavy atom. The lowest BCUT2D eigenvalue weighted by Crippen LogP contribution is -2.22. The number of aromatic nitrogens is 1. The molecule has 0 aliphatic carbocycles. The largest absolute Gasteiger partial charge is 0.454 e. The molecule has 4 aromatic rings. The lowest BCUT2D eigenvalue weighted by molar-refractivity contribution is 0.248. The van der Waals surface area contributed by atoms with E-state index in [-0.39, 0.29) is 28.6 Å². The number of nitrogens with one attached hydrogen (secondary N) is 1. The number of aromatic amines is 1. The summed E-state index contributed by atoms with van der Waals surface area (Å²) in [5.41, 5.74) is 1.45. The van der Waals surface area contributed by atoms with Gasteiger partial charge < -0.3 is 9.26 Å². The number of nitrogens with zero attached hydrogens (tertiary/aromatic N) is 1. The van der Waals surface area contributed by atoms with E-state index in [4.69, 9.17) is 9.26 Å². The molecule has 1 aromatic heterocycles. The minimum absolute atomic E-state index is 0.0197. The van der Waals surface area contributed by atoms with E-state index < -0.39 is 11.4 Å². The highest BCUT2D eigenvalue weighted by Gasteiger charge is 2.26. The Bertz CT molecular complexity index is 1280. The Morgan fingerprint density at radius 2 is 1.94 bits per heavy atom. The van der Waals surface area contributed by atoms with E-state index in [0.717, 1.165) is 37.1 Å². The van der Waals surface area contributed by atoms with Gasteiger partial charge in [0, 0.05) is 12.6 Å². The van der Waals surface area contributed by atoms with Gasteiger partial charge in [0.15, 0.2) is 5.75 Å². The number of hydrogen-bond acceptors (Lipinski definition) is 4. The Kier molecular flexibility index (Phi) is 5.03. The van der Waals surface area contributed by atoms with Gasteiger partial charge in [-0.3, -0.25) is 9.69 Å². The zero-order valence-electron chi connectivity index (χ0n) is 16.6. The molecule has 1 unspecified atom stereocenters. The van der Waals surface area contributed by atoms with Crippen molar-refractivity contribution in [2.45, 2.75) is 25.4 Å². The van der Waals surface area contributed by atoms with Gasteiger partial charge >= 0.3 is 0 Å². The van der Waals surface area contributed by atoms with Crippen LogP contribution in [0.3, 0.4) is 0 Å². The molecule has 5 rings (SSSR count). The van der Waals surface area contributed by atoms with Crippen LogP contribution in [-0.2, 0) is 6.54 Å². The maximum absolute atomic E-state index is 14.5. The van der Waals surface area contributed by atoms with Crippen LogP contribution in [0, 0.1) is 11.6 Å². The Balaban J connectivity index is 1.30. The van der Waals surface area contributed by atoms with Crippen molar-refractivity contribution in [1.29, 1.82) is 0 Å². The fourth-order valence-electron chi connectivity index (χ4n) is 4.18. The average molecular weight is 422 g/mol. The maximum Gasteiger partial charge on any atom is 0.287 e. The third kappa shape index (κ3) is 3.84. The van der Waals surface area contributed by atoms with Crippen molar-refractivity contribution in [2.24, 2.45) is 0 Å². The van der Waals surface area contributed by atoms with E-state index in [9.17, 15) is 13.6 Å². The third-order valence-electron chi connectivity index (χ3n) is 5.69. The quantitative estimate of drug-likeness (QED) is 0.460. The summed E-state index contributed by atoms with van der Waals surface area (Å²) in [6.07, 6.45) is 2.07. The van der Waals surface area contributed by atoms with Crippen LogP contribution in [0.1, 0.15) is 30.0 Å². The van der Waals surface area contributed by atoms with Crippen LogP contribution in [0.4, 0.5) is 8.78 Å². The fraction of sp³-hybridized carbons (Fsp3) is 0.208. The molecule has 31 heavy (non-hydrogen) atoms. The topological polar surface area (TPSA) is 58.5 Å². The first-order valence-corrected chi connectivity index (χ1v) is 10.1. The van der Waals surface area contributed by atoms with Crippen molar-refractivity contribution in [3.8, 4) is 11.5 Å². The zero-order valence-corrected chi connectivity index (χ0v) is 16.6. The van der Waals surface area contributed by atoms with E-state index in [1.807, 2.05) is 18.2 Å². The number of H-pyrrole nitrogens is 1. The van der Waals surface area contributed by atoms with E-state index in [2.05, 4.69) is 10.1 Å². The van der Waals surface area contributed by atoms with Gasteiger partial charge in [-0.15, -0.1) is 0 Å². The smallest absolute Gasteiger partial charge is 0.287 e. The van der Waals surface area contributed by atoms with Crippen molar-refractivity contribution in [3.05, 3.63) is 93.8 Å². The second kappa shape index (κ2) is 8.00. The van der Waals surface area contributed by atoms with Gasteiger partial charge in [-0.05, 0) is 66.9 Å². The molecule has 0 spiro atoms. The van der Waals surface area contributed by atoms with Gasteiger partial charge in [-0.1, -0.05) is 24.3 Å². The van der Waals surface area contributed by atoms with Crippen LogP contribution in [-0.4, -0.2) is 16.6 Å². The van der Waals surface area contributed by atoms with E-state index >= 15 is 0 Å². The molecule has 0 saturated carbocycles. The van der Waals surface area contributed by atoms with Gasteiger partial charge in [0.25, 0.3) is 5.56 Å². The molecule has 7 heteroatoms. The fourth-order valence-corrected chi connectivity index (χ4v) is 4.18. The van der Waals surface area contributed by atoms with Gasteiger partial charge in [-0.25, -0.2) is 4.39 Å². The van der Waals surface area contributed by atoms with Crippen molar-refractivity contribution in [3.63, 3.8) is 0 Å². The number of likely N-dealkylation sites (tertiary alicyclic amines) is 1. The molecule has 5 nitrogen and oxygen atoms in total. The Hall–Kier alpha value is -3.45. The van der Waals surface area contributed by atoms with Gasteiger partial charge in [-0.2, -0.15) is 9.55 Å². The number of benzene rings is 3. The first kappa shape index (κ1) is 19.5. The first-order valence-electron chi connectivity index (χ1n) is 10.1. The normalized spacial score (nSPS) is 16.8. The molecule has 1 aliphatic heterocycles. The molecule has 1 saturated heterocycles. The van der Waals surface area contributed by atoms with Crippen molar-refractivity contribution in [1.82, 2.24) is 10.1 Å². The minimum atomic E-state index is -0.727. The summed E-state index contributed by atoms with van der Waals surface area (Å²) in [4.78, 5) is 13.9. The second-order valence-corrected chi connectivity index (χ2v) is 7.72. The van der Waals surface area contributed by atoms with Crippen LogP contribution in [0.2, 0.25) is 0 Å². The summed E-state index contributed by atoms with van der Waals surface area (Å²) in [5.74, 6) is -0.484. The summed E-state index contributed by atoms with van der Waals surface area (Å²) < 4.78 is 38.7.